The molecule has 1 aromatic heterocycles. The minimum atomic E-state index is 1.07. The van der Waals surface area contributed by atoms with Crippen LogP contribution in [0.4, 0.5) is 0 Å². The molecule has 2 N–H and O–H groups in total. The number of pyridine rings is 1. The van der Waals surface area contributed by atoms with Crippen LogP contribution < -0.4 is 10.6 Å². The quantitative estimate of drug-likeness (QED) is 0.787. The van der Waals surface area contributed by atoms with E-state index in [0.29, 0.717) is 0 Å². The lowest BCUT2D eigenvalue weighted by molar-refractivity contribution is -0.939. The summed E-state index contributed by atoms with van der Waals surface area (Å²) in [6.07, 6.45) is 4.45. The summed E-state index contributed by atoms with van der Waals surface area (Å²) in [4.78, 5) is 7.26. The van der Waals surface area contributed by atoms with Gasteiger partial charge in [-0.2, -0.15) is 0 Å². The molecular formula is C18H32N5+. The lowest BCUT2D eigenvalue weighted by Gasteiger charge is -2.41. The Labute approximate surface area is 140 Å². The first-order chi connectivity index (χ1) is 11.4. The van der Waals surface area contributed by atoms with Crippen LogP contribution in [0.1, 0.15) is 18.5 Å². The van der Waals surface area contributed by atoms with E-state index in [0.717, 1.165) is 32.7 Å². The first-order valence-electron chi connectivity index (χ1n) is 9.25. The molecule has 3 heterocycles. The molecule has 2 saturated heterocycles. The number of aromatic nitrogens is 1. The molecule has 0 amide bonds. The van der Waals surface area contributed by atoms with Crippen molar-refractivity contribution >= 4 is 0 Å². The van der Waals surface area contributed by atoms with E-state index >= 15 is 0 Å². The summed E-state index contributed by atoms with van der Waals surface area (Å²) in [6.45, 7) is 12.9. The highest BCUT2D eigenvalue weighted by atomic mass is 15.4. The van der Waals surface area contributed by atoms with E-state index in [2.05, 4.69) is 32.7 Å². The third kappa shape index (κ3) is 5.24. The molecule has 2 bridgehead atoms. The maximum absolute atomic E-state index is 4.61. The fourth-order valence-corrected chi connectivity index (χ4v) is 3.87. The van der Waals surface area contributed by atoms with Gasteiger partial charge in [-0.15, -0.1) is 0 Å². The first-order valence-corrected chi connectivity index (χ1v) is 9.25. The molecule has 23 heavy (non-hydrogen) atoms. The molecule has 0 aromatic carbocycles. The van der Waals surface area contributed by atoms with Gasteiger partial charge >= 0.3 is 0 Å². The Morgan fingerprint density at radius 3 is 2.74 bits per heavy atom. The van der Waals surface area contributed by atoms with Crippen LogP contribution in [0.5, 0.6) is 0 Å². The maximum atomic E-state index is 4.61. The minimum Gasteiger partial charge on any atom is -0.316 e. The summed E-state index contributed by atoms with van der Waals surface area (Å²) in [5, 5.41) is 7.28. The Morgan fingerprint density at radius 2 is 1.83 bits per heavy atom. The molecule has 0 aliphatic carbocycles. The van der Waals surface area contributed by atoms with Crippen LogP contribution >= 0.6 is 0 Å². The summed E-state index contributed by atoms with van der Waals surface area (Å²) >= 11 is 0. The molecule has 5 heteroatoms. The van der Waals surface area contributed by atoms with Gasteiger partial charge in [0.2, 0.25) is 0 Å². The number of rotatable bonds is 2. The van der Waals surface area contributed by atoms with E-state index < -0.39 is 0 Å². The zero-order valence-corrected chi connectivity index (χ0v) is 14.3. The number of nitrogens with one attached hydrogen (secondary N) is 2. The topological polar surface area (TPSA) is 40.2 Å². The molecule has 2 aliphatic rings. The van der Waals surface area contributed by atoms with Gasteiger partial charge in [0, 0.05) is 45.3 Å². The van der Waals surface area contributed by atoms with Gasteiger partial charge in [-0.1, -0.05) is 6.07 Å². The van der Waals surface area contributed by atoms with Crippen molar-refractivity contribution in [2.75, 3.05) is 65.4 Å². The summed E-state index contributed by atoms with van der Waals surface area (Å²) in [7, 11) is 0. The third-order valence-corrected chi connectivity index (χ3v) is 5.30. The molecule has 2 aliphatic heterocycles. The fraction of sp³-hybridized carbons (Fsp3) is 0.722. The Morgan fingerprint density at radius 1 is 0.913 bits per heavy atom. The lowest BCUT2D eigenvalue weighted by atomic mass is 10.2. The Kier molecular flexibility index (Phi) is 6.39. The standard InChI is InChI=1S/C18H32N5/c1-2-8-21-18(5-1)17-23-14-4-7-19-9-12-22(13-16-23)11-3-6-20-10-15-23/h1-2,5,8,19-20H,3-4,6-7,9-17H2/q+1. The third-order valence-electron chi connectivity index (χ3n) is 5.30. The second-order valence-corrected chi connectivity index (χ2v) is 7.04. The van der Waals surface area contributed by atoms with Gasteiger partial charge in [0.25, 0.3) is 0 Å². The maximum Gasteiger partial charge on any atom is 0.122 e. The van der Waals surface area contributed by atoms with Gasteiger partial charge in [-0.05, 0) is 31.6 Å². The number of quaternary nitrogens is 1. The van der Waals surface area contributed by atoms with Crippen molar-refractivity contribution < 1.29 is 4.48 Å². The lowest BCUT2D eigenvalue weighted by Crippen LogP contribution is -2.56. The Hall–Kier alpha value is -1.01. The summed E-state index contributed by atoms with van der Waals surface area (Å²) < 4.78 is 1.17. The molecule has 5 nitrogen and oxygen atoms in total. The number of fused-ring (bicyclic) bond motifs is 3. The summed E-state index contributed by atoms with van der Waals surface area (Å²) in [5.41, 5.74) is 1.24. The monoisotopic (exact) mass is 318 g/mol. The molecule has 0 saturated carbocycles. The highest BCUT2D eigenvalue weighted by Gasteiger charge is 2.29. The molecular weight excluding hydrogens is 286 g/mol. The van der Waals surface area contributed by atoms with Crippen LogP contribution in [0.3, 0.4) is 0 Å². The molecule has 3 rings (SSSR count). The molecule has 2 atom stereocenters. The average Bonchev–Trinajstić information content (AvgIpc) is 2.59. The van der Waals surface area contributed by atoms with Gasteiger partial charge in [0.05, 0.1) is 25.3 Å². The van der Waals surface area contributed by atoms with Crippen molar-refractivity contribution in [3.63, 3.8) is 0 Å². The van der Waals surface area contributed by atoms with Crippen LogP contribution in [0.15, 0.2) is 24.4 Å². The van der Waals surface area contributed by atoms with Gasteiger partial charge in [0.1, 0.15) is 6.54 Å². The molecule has 2 fully saturated rings. The highest BCUT2D eigenvalue weighted by molar-refractivity contribution is 5.02. The van der Waals surface area contributed by atoms with E-state index in [-0.39, 0.29) is 0 Å². The highest BCUT2D eigenvalue weighted by Crippen LogP contribution is 2.16. The van der Waals surface area contributed by atoms with E-state index in [1.165, 1.54) is 62.3 Å². The summed E-state index contributed by atoms with van der Waals surface area (Å²) in [5.74, 6) is 0. The largest absolute Gasteiger partial charge is 0.316 e. The minimum absolute atomic E-state index is 1.07. The first kappa shape index (κ1) is 16.8. The number of hydrogen-bond donors (Lipinski definition) is 2. The van der Waals surface area contributed by atoms with Crippen molar-refractivity contribution in [1.29, 1.82) is 0 Å². The normalized spacial score (nSPS) is 30.7. The number of nitrogens with zero attached hydrogens (tertiary/aromatic N) is 3. The van der Waals surface area contributed by atoms with Crippen LogP contribution in [0.25, 0.3) is 0 Å². The van der Waals surface area contributed by atoms with E-state index in [9.17, 15) is 0 Å². The zero-order chi connectivity index (χ0) is 15.8. The van der Waals surface area contributed by atoms with Crippen molar-refractivity contribution in [3.05, 3.63) is 30.1 Å². The molecule has 0 spiro atoms. The van der Waals surface area contributed by atoms with Gasteiger partial charge < -0.3 is 15.1 Å². The predicted molar refractivity (Wildman–Crippen MR) is 94.2 cm³/mol. The van der Waals surface area contributed by atoms with Crippen LogP contribution in [-0.2, 0) is 6.54 Å². The second-order valence-electron chi connectivity index (χ2n) is 7.04. The van der Waals surface area contributed by atoms with Crippen molar-refractivity contribution in [3.8, 4) is 0 Å². The average molecular weight is 318 g/mol. The fourth-order valence-electron chi connectivity index (χ4n) is 3.87. The van der Waals surface area contributed by atoms with Crippen molar-refractivity contribution in [2.24, 2.45) is 0 Å². The zero-order valence-electron chi connectivity index (χ0n) is 14.3. The molecule has 2 unspecified atom stereocenters. The molecule has 128 valence electrons. The molecule has 0 radical (unpaired) electrons. The van der Waals surface area contributed by atoms with Crippen molar-refractivity contribution in [1.82, 2.24) is 20.5 Å². The van der Waals surface area contributed by atoms with E-state index in [1.807, 2.05) is 12.3 Å². The predicted octanol–water partition coefficient (Wildman–Crippen LogP) is 0.687. The van der Waals surface area contributed by atoms with Crippen LogP contribution in [-0.4, -0.2) is 79.8 Å². The van der Waals surface area contributed by atoms with Crippen molar-refractivity contribution in [2.45, 2.75) is 19.4 Å². The SMILES string of the molecule is c1ccc(C[N+]23CCCNCCN(CCCNCC2)CC3)nc1. The van der Waals surface area contributed by atoms with E-state index in [4.69, 9.17) is 0 Å². The van der Waals surface area contributed by atoms with Gasteiger partial charge in [-0.3, -0.25) is 9.88 Å². The van der Waals surface area contributed by atoms with Gasteiger partial charge in [-0.25, -0.2) is 0 Å². The second kappa shape index (κ2) is 8.73. The Bertz CT molecular complexity index is 434. The van der Waals surface area contributed by atoms with Crippen LogP contribution in [0, 0.1) is 0 Å². The Balaban J connectivity index is 1.77. The molecule has 1 aromatic rings. The van der Waals surface area contributed by atoms with Crippen LogP contribution in [0.2, 0.25) is 0 Å². The smallest absolute Gasteiger partial charge is 0.122 e. The summed E-state index contributed by atoms with van der Waals surface area (Å²) in [6, 6.07) is 6.33. The number of hydrogen-bond acceptors (Lipinski definition) is 4. The van der Waals surface area contributed by atoms with E-state index in [1.54, 1.807) is 0 Å². The van der Waals surface area contributed by atoms with Gasteiger partial charge in [0.15, 0.2) is 0 Å².